The van der Waals surface area contributed by atoms with Gasteiger partial charge in [-0.25, -0.2) is 18.8 Å². The molecule has 0 bridgehead atoms. The molecule has 1 heterocycles. The summed E-state index contributed by atoms with van der Waals surface area (Å²) in [5.41, 5.74) is 1.07. The summed E-state index contributed by atoms with van der Waals surface area (Å²) < 4.78 is 36.5. The third kappa shape index (κ3) is 8.98. The third-order valence-electron chi connectivity index (χ3n) is 6.39. The molecule has 0 aliphatic heterocycles. The molecule has 3 rings (SSSR count). The highest BCUT2D eigenvalue weighted by Gasteiger charge is 2.23. The number of carbonyl (C=O) groups is 3. The fraction of sp³-hybridized carbons (Fsp3) is 0.353. The fourth-order valence-electron chi connectivity index (χ4n) is 4.07. The highest BCUT2D eigenvalue weighted by molar-refractivity contribution is 5.89. The second kappa shape index (κ2) is 14.1. The summed E-state index contributed by atoms with van der Waals surface area (Å²) in [5.74, 6) is -2.26. The molecule has 0 unspecified atom stereocenters. The molecule has 0 atom stereocenters. The van der Waals surface area contributed by atoms with Crippen LogP contribution in [0.5, 0.6) is 5.75 Å². The Morgan fingerprint density at radius 3 is 2.14 bits per heavy atom. The molecule has 0 radical (unpaired) electrons. The van der Waals surface area contributed by atoms with Gasteiger partial charge in [-0.3, -0.25) is 4.79 Å². The van der Waals surface area contributed by atoms with Crippen molar-refractivity contribution < 1.29 is 37.4 Å². The summed E-state index contributed by atoms with van der Waals surface area (Å²) >= 11 is 0. The topological polar surface area (TPSA) is 109 Å². The average Bonchev–Trinajstić information content (AvgIpc) is 2.92. The Hall–Kier alpha value is -4.53. The quantitative estimate of drug-likeness (QED) is 0.0756. The minimum absolute atomic E-state index is 0.000346. The van der Waals surface area contributed by atoms with Crippen molar-refractivity contribution in [1.29, 1.82) is 0 Å². The lowest BCUT2D eigenvalue weighted by Gasteiger charge is -2.16. The van der Waals surface area contributed by atoms with E-state index in [2.05, 4.69) is 13.2 Å². The van der Waals surface area contributed by atoms with Gasteiger partial charge in [0.25, 0.3) is 0 Å². The number of fused-ring (bicyclic) bond motifs is 1. The van der Waals surface area contributed by atoms with Gasteiger partial charge >= 0.3 is 23.5 Å². The van der Waals surface area contributed by atoms with Gasteiger partial charge in [0.2, 0.25) is 0 Å². The minimum Gasteiger partial charge on any atom is -0.465 e. The van der Waals surface area contributed by atoms with Crippen LogP contribution < -0.4 is 10.4 Å². The summed E-state index contributed by atoms with van der Waals surface area (Å²) in [6, 6.07) is 9.06. The van der Waals surface area contributed by atoms with E-state index in [1.54, 1.807) is 33.8 Å². The number of carbonyl (C=O) groups excluding carboxylic acids is 3. The van der Waals surface area contributed by atoms with Crippen molar-refractivity contribution in [3.05, 3.63) is 88.1 Å². The molecule has 0 saturated carbocycles. The molecule has 9 heteroatoms. The number of halogens is 1. The summed E-state index contributed by atoms with van der Waals surface area (Å²) in [6.45, 7) is 15.8. The third-order valence-corrected chi connectivity index (χ3v) is 6.39. The Balaban J connectivity index is 1.93. The Morgan fingerprint density at radius 1 is 0.860 bits per heavy atom. The molecule has 0 aliphatic carbocycles. The summed E-state index contributed by atoms with van der Waals surface area (Å²) in [6.07, 6.45) is 2.03. The lowest BCUT2D eigenvalue weighted by atomic mass is 9.97. The van der Waals surface area contributed by atoms with Crippen LogP contribution in [0.15, 0.2) is 69.9 Å². The lowest BCUT2D eigenvalue weighted by molar-refractivity contribution is -0.153. The lowest BCUT2D eigenvalue weighted by Crippen LogP contribution is -2.23. The van der Waals surface area contributed by atoms with Gasteiger partial charge in [0.15, 0.2) is 0 Å². The highest BCUT2D eigenvalue weighted by Crippen LogP contribution is 2.29. The molecule has 43 heavy (non-hydrogen) atoms. The molecule has 0 spiro atoms. The van der Waals surface area contributed by atoms with Gasteiger partial charge in [0, 0.05) is 28.2 Å². The fourth-order valence-corrected chi connectivity index (χ4v) is 4.07. The molecular formula is C34H37FO8. The number of hydrogen-bond acceptors (Lipinski definition) is 8. The number of esters is 3. The summed E-state index contributed by atoms with van der Waals surface area (Å²) in [7, 11) is 0. The molecule has 2 aromatic carbocycles. The van der Waals surface area contributed by atoms with Crippen molar-refractivity contribution in [2.75, 3.05) is 13.2 Å². The first kappa shape index (κ1) is 33.0. The molecule has 3 aromatic rings. The number of aryl methyl sites for hydroxylation is 2. The molecule has 0 saturated heterocycles. The molecule has 0 N–H and O–H groups in total. The summed E-state index contributed by atoms with van der Waals surface area (Å²) in [5, 5.41) is 0.574. The smallest absolute Gasteiger partial charge is 0.344 e. The van der Waals surface area contributed by atoms with Crippen LogP contribution >= 0.6 is 0 Å². The van der Waals surface area contributed by atoms with E-state index >= 15 is 4.39 Å². The Labute approximate surface area is 250 Å². The second-order valence-corrected chi connectivity index (χ2v) is 11.4. The maximum absolute atomic E-state index is 15.1. The maximum Gasteiger partial charge on any atom is 0.344 e. The summed E-state index contributed by atoms with van der Waals surface area (Å²) in [4.78, 5) is 48.7. The number of benzene rings is 2. The number of ether oxygens (including phenoxy) is 3. The van der Waals surface area contributed by atoms with Gasteiger partial charge in [-0.05, 0) is 95.7 Å². The van der Waals surface area contributed by atoms with Crippen LogP contribution in [0.1, 0.15) is 58.6 Å². The van der Waals surface area contributed by atoms with Crippen LogP contribution in [0.4, 0.5) is 4.39 Å². The Kier molecular flexibility index (Phi) is 10.8. The number of rotatable bonds is 12. The van der Waals surface area contributed by atoms with E-state index in [9.17, 15) is 19.2 Å². The normalized spacial score (nSPS) is 11.2. The van der Waals surface area contributed by atoms with Crippen LogP contribution in [0, 0.1) is 11.2 Å². The maximum atomic E-state index is 15.1. The van der Waals surface area contributed by atoms with Crippen LogP contribution in [0.25, 0.3) is 22.1 Å². The minimum atomic E-state index is -0.768. The second-order valence-electron chi connectivity index (χ2n) is 11.4. The predicted octanol–water partition coefficient (Wildman–Crippen LogP) is 6.65. The van der Waals surface area contributed by atoms with Gasteiger partial charge < -0.3 is 18.6 Å². The zero-order valence-corrected chi connectivity index (χ0v) is 25.3. The zero-order valence-electron chi connectivity index (χ0n) is 25.3. The van der Waals surface area contributed by atoms with E-state index in [1.807, 2.05) is 12.1 Å². The van der Waals surface area contributed by atoms with Gasteiger partial charge in [-0.1, -0.05) is 19.2 Å². The standard InChI is InChI=1S/C34H37FO8/c1-20(2)30(36)40-14-8-10-22-16-23(11-9-15-41-33(39)34(5,6)7)29-24(17-22)18-27(32(38)43-29)26-13-12-25(19-28(26)35)42-31(37)21(3)4/h12-13,16-19H,1,3,8-11,14-15H2,2,4-7H3. The first-order valence-electron chi connectivity index (χ1n) is 13.9. The Morgan fingerprint density at radius 2 is 1.51 bits per heavy atom. The zero-order chi connectivity index (χ0) is 31.9. The van der Waals surface area contributed by atoms with E-state index in [0.29, 0.717) is 42.2 Å². The largest absolute Gasteiger partial charge is 0.465 e. The van der Waals surface area contributed by atoms with E-state index in [-0.39, 0.29) is 41.6 Å². The van der Waals surface area contributed by atoms with Crippen molar-refractivity contribution in [3.8, 4) is 16.9 Å². The van der Waals surface area contributed by atoms with Gasteiger partial charge in [0.1, 0.15) is 17.1 Å². The van der Waals surface area contributed by atoms with Crippen molar-refractivity contribution in [2.45, 2.75) is 60.3 Å². The van der Waals surface area contributed by atoms with Crippen LogP contribution in [-0.4, -0.2) is 31.1 Å². The molecule has 0 aliphatic rings. The Bertz CT molecular complexity index is 1620. The van der Waals surface area contributed by atoms with Crippen molar-refractivity contribution in [2.24, 2.45) is 5.41 Å². The van der Waals surface area contributed by atoms with Crippen LogP contribution in [-0.2, 0) is 36.7 Å². The van der Waals surface area contributed by atoms with Crippen molar-refractivity contribution in [3.63, 3.8) is 0 Å². The van der Waals surface area contributed by atoms with Crippen molar-refractivity contribution >= 4 is 28.9 Å². The molecule has 1 aromatic heterocycles. The van der Waals surface area contributed by atoms with E-state index < -0.39 is 28.8 Å². The van der Waals surface area contributed by atoms with Gasteiger partial charge in [-0.2, -0.15) is 0 Å². The molecule has 228 valence electrons. The van der Waals surface area contributed by atoms with Crippen molar-refractivity contribution in [1.82, 2.24) is 0 Å². The van der Waals surface area contributed by atoms with Crippen LogP contribution in [0.2, 0.25) is 0 Å². The molecular weight excluding hydrogens is 555 g/mol. The molecule has 0 amide bonds. The van der Waals surface area contributed by atoms with Gasteiger partial charge in [-0.15, -0.1) is 0 Å². The monoisotopic (exact) mass is 592 g/mol. The van der Waals surface area contributed by atoms with E-state index in [1.165, 1.54) is 19.1 Å². The SMILES string of the molecule is C=C(C)C(=O)OCCCc1cc(CCCOC(=O)C(C)(C)C)c2oc(=O)c(-c3ccc(OC(=O)C(=C)C)cc3F)cc2c1. The highest BCUT2D eigenvalue weighted by atomic mass is 19.1. The van der Waals surface area contributed by atoms with E-state index in [0.717, 1.165) is 17.2 Å². The average molecular weight is 593 g/mol. The molecule has 8 nitrogen and oxygen atoms in total. The number of hydrogen-bond donors (Lipinski definition) is 0. The first-order chi connectivity index (χ1) is 20.2. The van der Waals surface area contributed by atoms with Crippen LogP contribution in [0.3, 0.4) is 0 Å². The predicted molar refractivity (Wildman–Crippen MR) is 161 cm³/mol. The van der Waals surface area contributed by atoms with Gasteiger partial charge in [0.05, 0.1) is 24.2 Å². The first-order valence-corrected chi connectivity index (χ1v) is 13.9. The van der Waals surface area contributed by atoms with E-state index in [4.69, 9.17) is 18.6 Å². The molecule has 0 fully saturated rings.